The first kappa shape index (κ1) is 16.9. The van der Waals surface area contributed by atoms with E-state index in [1.165, 1.54) is 17.4 Å². The van der Waals surface area contributed by atoms with Crippen LogP contribution < -0.4 is 10.6 Å². The van der Waals surface area contributed by atoms with Gasteiger partial charge in [0.15, 0.2) is 6.61 Å². The smallest absolute Gasteiger partial charge is 0.331 e. The zero-order valence-corrected chi connectivity index (χ0v) is 13.0. The number of imide groups is 1. The zero-order chi connectivity index (χ0) is 15.9. The normalized spacial score (nSPS) is 11.2. The Morgan fingerprint density at radius 1 is 1.33 bits per heavy atom. The van der Waals surface area contributed by atoms with Gasteiger partial charge in [-0.15, -0.1) is 0 Å². The van der Waals surface area contributed by atoms with Crippen LogP contribution in [-0.2, 0) is 14.3 Å². The summed E-state index contributed by atoms with van der Waals surface area (Å²) in [6.45, 7) is 4.84. The molecule has 0 atom stereocenters. The van der Waals surface area contributed by atoms with E-state index >= 15 is 0 Å². The average Bonchev–Trinajstić information content (AvgIpc) is 2.84. The predicted molar refractivity (Wildman–Crippen MR) is 80.7 cm³/mol. The molecule has 0 saturated carbocycles. The Labute approximate surface area is 127 Å². The van der Waals surface area contributed by atoms with Crippen LogP contribution in [0.25, 0.3) is 6.08 Å². The molecule has 6 nitrogen and oxygen atoms in total. The van der Waals surface area contributed by atoms with Crippen molar-refractivity contribution < 1.29 is 19.1 Å². The summed E-state index contributed by atoms with van der Waals surface area (Å²) in [5, 5.41) is 8.38. The molecule has 1 rings (SSSR count). The molecule has 0 aromatic carbocycles. The van der Waals surface area contributed by atoms with Gasteiger partial charge in [-0.2, -0.15) is 11.3 Å². The molecule has 0 fully saturated rings. The van der Waals surface area contributed by atoms with E-state index in [2.05, 4.69) is 10.6 Å². The summed E-state index contributed by atoms with van der Waals surface area (Å²) < 4.78 is 4.72. The molecule has 3 amide bonds. The standard InChI is InChI=1S/C14H18N2O4S/c1-14(2,3)16-13(19)15-11(17)8-20-12(18)5-4-10-6-7-21-9-10/h4-7,9H,8H2,1-3H3,(H2,15,16,17,19)/b5-4+. The number of thiophene rings is 1. The Morgan fingerprint density at radius 2 is 2.05 bits per heavy atom. The average molecular weight is 310 g/mol. The van der Waals surface area contributed by atoms with E-state index in [0.29, 0.717) is 0 Å². The molecule has 0 spiro atoms. The lowest BCUT2D eigenvalue weighted by Gasteiger charge is -2.20. The summed E-state index contributed by atoms with van der Waals surface area (Å²) in [5.74, 6) is -1.33. The monoisotopic (exact) mass is 310 g/mol. The molecule has 0 aliphatic carbocycles. The summed E-state index contributed by atoms with van der Waals surface area (Å²) in [4.78, 5) is 34.2. The minimum Gasteiger partial charge on any atom is -0.452 e. The van der Waals surface area contributed by atoms with Crippen LogP contribution in [0.1, 0.15) is 26.3 Å². The Bertz CT molecular complexity index is 530. The Balaban J connectivity index is 2.29. The van der Waals surface area contributed by atoms with Crippen LogP contribution in [0, 0.1) is 0 Å². The highest BCUT2D eigenvalue weighted by atomic mass is 32.1. The molecule has 7 heteroatoms. The van der Waals surface area contributed by atoms with E-state index in [0.717, 1.165) is 5.56 Å². The number of ether oxygens (including phenoxy) is 1. The quantitative estimate of drug-likeness (QED) is 0.657. The number of carbonyl (C=O) groups excluding carboxylic acids is 3. The van der Waals surface area contributed by atoms with Gasteiger partial charge in [0.05, 0.1) is 0 Å². The highest BCUT2D eigenvalue weighted by molar-refractivity contribution is 7.08. The van der Waals surface area contributed by atoms with Crippen molar-refractivity contribution in [2.75, 3.05) is 6.61 Å². The largest absolute Gasteiger partial charge is 0.452 e. The van der Waals surface area contributed by atoms with Crippen LogP contribution in [0.3, 0.4) is 0 Å². The van der Waals surface area contributed by atoms with Crippen LogP contribution >= 0.6 is 11.3 Å². The number of nitrogens with one attached hydrogen (secondary N) is 2. The second-order valence-electron chi connectivity index (χ2n) is 5.25. The molecule has 0 bridgehead atoms. The third-order valence-electron chi connectivity index (χ3n) is 2.04. The first-order valence-corrected chi connectivity index (χ1v) is 7.19. The molecule has 1 heterocycles. The third kappa shape index (κ3) is 7.88. The number of esters is 1. The molecule has 0 aliphatic rings. The minimum absolute atomic E-state index is 0.454. The number of hydrogen-bond donors (Lipinski definition) is 2. The Morgan fingerprint density at radius 3 is 2.62 bits per heavy atom. The fourth-order valence-electron chi connectivity index (χ4n) is 1.25. The molecule has 1 aromatic rings. The van der Waals surface area contributed by atoms with Crippen LogP contribution in [-0.4, -0.2) is 30.1 Å². The van der Waals surface area contributed by atoms with Gasteiger partial charge in [-0.25, -0.2) is 9.59 Å². The maximum Gasteiger partial charge on any atom is 0.331 e. The molecule has 0 unspecified atom stereocenters. The second-order valence-corrected chi connectivity index (χ2v) is 6.03. The maximum absolute atomic E-state index is 11.4. The van der Waals surface area contributed by atoms with Crippen LogP contribution in [0.4, 0.5) is 4.79 Å². The zero-order valence-electron chi connectivity index (χ0n) is 12.1. The molecule has 21 heavy (non-hydrogen) atoms. The predicted octanol–water partition coefficient (Wildman–Crippen LogP) is 1.93. The number of amides is 3. The van der Waals surface area contributed by atoms with Crippen LogP contribution in [0.5, 0.6) is 0 Å². The summed E-state index contributed by atoms with van der Waals surface area (Å²) >= 11 is 1.51. The molecular weight excluding hydrogens is 292 g/mol. The first-order valence-electron chi connectivity index (χ1n) is 6.25. The van der Waals surface area contributed by atoms with E-state index in [1.54, 1.807) is 26.8 Å². The summed E-state index contributed by atoms with van der Waals surface area (Å²) in [6.07, 6.45) is 2.81. The van der Waals surface area contributed by atoms with Gasteiger partial charge in [0.25, 0.3) is 5.91 Å². The molecule has 2 N–H and O–H groups in total. The van der Waals surface area contributed by atoms with E-state index < -0.39 is 30.1 Å². The lowest BCUT2D eigenvalue weighted by Crippen LogP contribution is -2.49. The van der Waals surface area contributed by atoms with Crippen molar-refractivity contribution in [3.05, 3.63) is 28.5 Å². The number of rotatable bonds is 4. The lowest BCUT2D eigenvalue weighted by molar-refractivity contribution is -0.143. The molecule has 114 valence electrons. The van der Waals surface area contributed by atoms with Crippen molar-refractivity contribution in [2.45, 2.75) is 26.3 Å². The van der Waals surface area contributed by atoms with E-state index in [4.69, 9.17) is 4.74 Å². The number of urea groups is 1. The van der Waals surface area contributed by atoms with Crippen LogP contribution in [0.2, 0.25) is 0 Å². The number of carbonyl (C=O) groups is 3. The first-order chi connectivity index (χ1) is 9.76. The van der Waals surface area contributed by atoms with Gasteiger partial charge in [0.1, 0.15) is 0 Å². The van der Waals surface area contributed by atoms with E-state index in [9.17, 15) is 14.4 Å². The highest BCUT2D eigenvalue weighted by Gasteiger charge is 2.16. The van der Waals surface area contributed by atoms with Gasteiger partial charge in [0, 0.05) is 11.6 Å². The summed E-state index contributed by atoms with van der Waals surface area (Å²) in [6, 6.07) is 1.22. The van der Waals surface area contributed by atoms with Crippen molar-refractivity contribution in [2.24, 2.45) is 0 Å². The van der Waals surface area contributed by atoms with Gasteiger partial charge >= 0.3 is 12.0 Å². The van der Waals surface area contributed by atoms with Gasteiger partial charge in [-0.05, 0) is 49.2 Å². The Hall–Kier alpha value is -2.15. The Kier molecular flexibility index (Phi) is 6.10. The topological polar surface area (TPSA) is 84.5 Å². The van der Waals surface area contributed by atoms with Crippen molar-refractivity contribution in [3.63, 3.8) is 0 Å². The van der Waals surface area contributed by atoms with Crippen molar-refractivity contribution in [1.29, 1.82) is 0 Å². The summed E-state index contributed by atoms with van der Waals surface area (Å²) in [7, 11) is 0. The van der Waals surface area contributed by atoms with Gasteiger partial charge in [0.2, 0.25) is 0 Å². The van der Waals surface area contributed by atoms with Crippen LogP contribution in [0.15, 0.2) is 22.9 Å². The van der Waals surface area contributed by atoms with Crippen molar-refractivity contribution >= 4 is 35.3 Å². The highest BCUT2D eigenvalue weighted by Crippen LogP contribution is 2.07. The lowest BCUT2D eigenvalue weighted by atomic mass is 10.1. The molecular formula is C14H18N2O4S. The molecule has 1 aromatic heterocycles. The number of hydrogen-bond acceptors (Lipinski definition) is 5. The van der Waals surface area contributed by atoms with Gasteiger partial charge in [-0.1, -0.05) is 0 Å². The second kappa shape index (κ2) is 7.58. The van der Waals surface area contributed by atoms with Crippen molar-refractivity contribution in [1.82, 2.24) is 10.6 Å². The molecule has 0 radical (unpaired) electrons. The minimum atomic E-state index is -0.686. The molecule has 0 saturated heterocycles. The third-order valence-corrected chi connectivity index (χ3v) is 2.74. The van der Waals surface area contributed by atoms with E-state index in [1.807, 2.05) is 16.8 Å². The molecule has 0 aliphatic heterocycles. The van der Waals surface area contributed by atoms with E-state index in [-0.39, 0.29) is 0 Å². The SMILES string of the molecule is CC(C)(C)NC(=O)NC(=O)COC(=O)/C=C/c1ccsc1. The fourth-order valence-corrected chi connectivity index (χ4v) is 1.88. The summed E-state index contributed by atoms with van der Waals surface area (Å²) in [5.41, 5.74) is 0.426. The fraction of sp³-hybridized carbons (Fsp3) is 0.357. The maximum atomic E-state index is 11.4. The van der Waals surface area contributed by atoms with Gasteiger partial charge in [-0.3, -0.25) is 10.1 Å². The van der Waals surface area contributed by atoms with Crippen molar-refractivity contribution in [3.8, 4) is 0 Å². The van der Waals surface area contributed by atoms with Gasteiger partial charge < -0.3 is 10.1 Å².